The first-order valence-corrected chi connectivity index (χ1v) is 5.66. The van der Waals surface area contributed by atoms with E-state index >= 15 is 0 Å². The number of carbonyl (C=O) groups excluding carboxylic acids is 1. The largest absolute Gasteiger partial charge is 0.549 e. The van der Waals surface area contributed by atoms with Gasteiger partial charge in [-0.1, -0.05) is 5.92 Å². The molecule has 0 fully saturated rings. The first kappa shape index (κ1) is 12.5. The molecule has 0 N–H and O–H groups in total. The number of benzene rings is 1. The molecule has 0 bridgehead atoms. The molecule has 0 atom stereocenters. The number of thioether (sulfide) groups is 1. The summed E-state index contributed by atoms with van der Waals surface area (Å²) in [5.41, 5.74) is 0. The second kappa shape index (κ2) is 6.81. The Bertz CT molecular complexity index is 401. The molecule has 0 amide bonds. The highest BCUT2D eigenvalue weighted by Crippen LogP contribution is 2.20. The molecule has 0 heterocycles. The zero-order valence-corrected chi connectivity index (χ0v) is 9.67. The Labute approximate surface area is 98.8 Å². The van der Waals surface area contributed by atoms with Gasteiger partial charge in [0, 0.05) is 10.6 Å². The van der Waals surface area contributed by atoms with Crippen molar-refractivity contribution in [2.24, 2.45) is 0 Å². The van der Waals surface area contributed by atoms with Crippen molar-refractivity contribution in [3.8, 4) is 17.6 Å². The highest BCUT2D eigenvalue weighted by Gasteiger charge is 1.96. The molecular formula is C12H11O3S-. The van der Waals surface area contributed by atoms with Gasteiger partial charge in [-0.15, -0.1) is 17.7 Å². The molecule has 0 aromatic heterocycles. The van der Waals surface area contributed by atoms with Crippen molar-refractivity contribution in [2.75, 3.05) is 12.4 Å². The van der Waals surface area contributed by atoms with Crippen molar-refractivity contribution in [1.82, 2.24) is 0 Å². The van der Waals surface area contributed by atoms with E-state index in [1.807, 2.05) is 12.1 Å². The zero-order chi connectivity index (χ0) is 11.8. The Kier molecular flexibility index (Phi) is 5.30. The topological polar surface area (TPSA) is 49.4 Å². The molecule has 1 rings (SSSR count). The van der Waals surface area contributed by atoms with Gasteiger partial charge in [0.15, 0.2) is 0 Å². The quantitative estimate of drug-likeness (QED) is 0.563. The van der Waals surface area contributed by atoms with Crippen LogP contribution in [0, 0.1) is 11.8 Å². The average Bonchev–Trinajstić information content (AvgIpc) is 2.28. The minimum atomic E-state index is -1.07. The van der Waals surface area contributed by atoms with Gasteiger partial charge in [-0.2, -0.15) is 0 Å². The van der Waals surface area contributed by atoms with Crippen LogP contribution in [0.1, 0.15) is 6.92 Å². The molecule has 1 aromatic carbocycles. The first-order valence-electron chi connectivity index (χ1n) is 4.67. The van der Waals surface area contributed by atoms with E-state index < -0.39 is 5.97 Å². The lowest BCUT2D eigenvalue weighted by molar-refractivity contribution is -0.301. The maximum Gasteiger partial charge on any atom is 0.149 e. The van der Waals surface area contributed by atoms with E-state index in [-0.39, 0.29) is 5.75 Å². The zero-order valence-electron chi connectivity index (χ0n) is 8.86. The molecule has 3 nitrogen and oxygen atoms in total. The van der Waals surface area contributed by atoms with Crippen LogP contribution in [-0.4, -0.2) is 18.3 Å². The molecule has 0 aliphatic heterocycles. The van der Waals surface area contributed by atoms with E-state index in [0.29, 0.717) is 6.61 Å². The molecule has 16 heavy (non-hydrogen) atoms. The molecular weight excluding hydrogens is 224 g/mol. The van der Waals surface area contributed by atoms with Crippen LogP contribution in [0.25, 0.3) is 0 Å². The minimum absolute atomic E-state index is 0.0402. The van der Waals surface area contributed by atoms with Crippen molar-refractivity contribution < 1.29 is 14.6 Å². The summed E-state index contributed by atoms with van der Waals surface area (Å²) in [6, 6.07) is 7.19. The molecule has 0 aliphatic rings. The Morgan fingerprint density at radius 1 is 1.44 bits per heavy atom. The van der Waals surface area contributed by atoms with E-state index in [2.05, 4.69) is 11.8 Å². The number of hydrogen-bond acceptors (Lipinski definition) is 4. The van der Waals surface area contributed by atoms with Crippen molar-refractivity contribution >= 4 is 17.7 Å². The van der Waals surface area contributed by atoms with Crippen LogP contribution in [0.3, 0.4) is 0 Å². The lowest BCUT2D eigenvalue weighted by Gasteiger charge is -2.04. The fourth-order valence-electron chi connectivity index (χ4n) is 0.966. The van der Waals surface area contributed by atoms with Gasteiger partial charge in [0.1, 0.15) is 12.4 Å². The van der Waals surface area contributed by atoms with Gasteiger partial charge in [-0.05, 0) is 31.2 Å². The number of rotatable bonds is 5. The predicted molar refractivity (Wildman–Crippen MR) is 61.1 cm³/mol. The molecule has 0 spiro atoms. The van der Waals surface area contributed by atoms with Gasteiger partial charge in [-0.3, -0.25) is 0 Å². The minimum Gasteiger partial charge on any atom is -0.549 e. The molecule has 0 saturated heterocycles. The van der Waals surface area contributed by atoms with E-state index in [0.717, 1.165) is 10.6 Å². The van der Waals surface area contributed by atoms with E-state index in [9.17, 15) is 9.90 Å². The molecule has 0 aliphatic carbocycles. The van der Waals surface area contributed by atoms with Crippen LogP contribution in [-0.2, 0) is 4.79 Å². The summed E-state index contributed by atoms with van der Waals surface area (Å²) in [4.78, 5) is 11.1. The van der Waals surface area contributed by atoms with Gasteiger partial charge in [0.05, 0.1) is 5.97 Å². The number of carboxylic acids is 1. The highest BCUT2D eigenvalue weighted by atomic mass is 32.2. The summed E-state index contributed by atoms with van der Waals surface area (Å²) >= 11 is 1.22. The van der Waals surface area contributed by atoms with E-state index in [1.54, 1.807) is 19.1 Å². The molecule has 0 unspecified atom stereocenters. The van der Waals surface area contributed by atoms with Crippen LogP contribution in [0.15, 0.2) is 29.2 Å². The SMILES string of the molecule is CC#CCOc1ccc(SCC(=O)[O-])cc1. The lowest BCUT2D eigenvalue weighted by atomic mass is 10.3. The highest BCUT2D eigenvalue weighted by molar-refractivity contribution is 8.00. The van der Waals surface area contributed by atoms with Gasteiger partial charge >= 0.3 is 0 Å². The smallest absolute Gasteiger partial charge is 0.149 e. The Morgan fingerprint density at radius 3 is 2.69 bits per heavy atom. The fourth-order valence-corrected chi connectivity index (χ4v) is 1.58. The van der Waals surface area contributed by atoms with Crippen molar-refractivity contribution in [3.05, 3.63) is 24.3 Å². The fraction of sp³-hybridized carbons (Fsp3) is 0.250. The Balaban J connectivity index is 2.46. The third-order valence-electron chi connectivity index (χ3n) is 1.67. The number of carboxylic acid groups (broad SMARTS) is 1. The summed E-state index contributed by atoms with van der Waals surface area (Å²) in [5.74, 6) is 5.14. The summed E-state index contributed by atoms with van der Waals surface area (Å²) in [7, 11) is 0. The second-order valence-electron chi connectivity index (χ2n) is 2.85. The van der Waals surface area contributed by atoms with Crippen molar-refractivity contribution in [3.63, 3.8) is 0 Å². The van der Waals surface area contributed by atoms with Gasteiger partial charge in [-0.25, -0.2) is 0 Å². The maximum absolute atomic E-state index is 10.2. The third-order valence-corrected chi connectivity index (χ3v) is 2.65. The van der Waals surface area contributed by atoms with Crippen LogP contribution >= 0.6 is 11.8 Å². The number of aliphatic carboxylic acids is 1. The molecule has 0 radical (unpaired) electrons. The van der Waals surface area contributed by atoms with Gasteiger partial charge in [0.25, 0.3) is 0 Å². The first-order chi connectivity index (χ1) is 7.72. The standard InChI is InChI=1S/C12H12O3S/c1-2-3-8-15-10-4-6-11(7-5-10)16-9-12(13)14/h4-7H,8-9H2,1H3,(H,13,14)/p-1. The summed E-state index contributed by atoms with van der Waals surface area (Å²) < 4.78 is 5.32. The maximum atomic E-state index is 10.2. The molecule has 84 valence electrons. The molecule has 4 heteroatoms. The third kappa shape index (κ3) is 4.76. The van der Waals surface area contributed by atoms with E-state index in [1.165, 1.54) is 11.8 Å². The number of hydrogen-bond donors (Lipinski definition) is 0. The van der Waals surface area contributed by atoms with Crippen molar-refractivity contribution in [1.29, 1.82) is 0 Å². The lowest BCUT2D eigenvalue weighted by Crippen LogP contribution is -2.24. The predicted octanol–water partition coefficient (Wildman–Crippen LogP) is 0.931. The monoisotopic (exact) mass is 235 g/mol. The van der Waals surface area contributed by atoms with Crippen LogP contribution < -0.4 is 9.84 Å². The molecule has 0 saturated carbocycles. The van der Waals surface area contributed by atoms with Crippen LogP contribution in [0.2, 0.25) is 0 Å². The number of carbonyl (C=O) groups is 1. The van der Waals surface area contributed by atoms with Crippen LogP contribution in [0.5, 0.6) is 5.75 Å². The summed E-state index contributed by atoms with van der Waals surface area (Å²) in [6.45, 7) is 2.12. The summed E-state index contributed by atoms with van der Waals surface area (Å²) in [6.07, 6.45) is 0. The van der Waals surface area contributed by atoms with Gasteiger partial charge < -0.3 is 14.6 Å². The second-order valence-corrected chi connectivity index (χ2v) is 3.90. The van der Waals surface area contributed by atoms with Crippen LogP contribution in [0.4, 0.5) is 0 Å². The summed E-state index contributed by atoms with van der Waals surface area (Å²) in [5, 5.41) is 10.2. The molecule has 1 aromatic rings. The number of ether oxygens (including phenoxy) is 1. The average molecular weight is 235 g/mol. The Hall–Kier alpha value is -1.60. The van der Waals surface area contributed by atoms with E-state index in [4.69, 9.17) is 4.74 Å². The Morgan fingerprint density at radius 2 is 2.12 bits per heavy atom. The normalized spacial score (nSPS) is 9.06. The van der Waals surface area contributed by atoms with Gasteiger partial charge in [0.2, 0.25) is 0 Å². The van der Waals surface area contributed by atoms with Crippen molar-refractivity contribution in [2.45, 2.75) is 11.8 Å².